The Bertz CT molecular complexity index is 1350. The van der Waals surface area contributed by atoms with Crippen LogP contribution in [-0.2, 0) is 0 Å². The number of anilines is 2. The normalized spacial score (nSPS) is 15.2. The minimum atomic E-state index is -0.421. The molecule has 4 heterocycles. The summed E-state index contributed by atoms with van der Waals surface area (Å²) in [6.07, 6.45) is 3.44. The first-order valence-corrected chi connectivity index (χ1v) is 10.9. The largest absolute Gasteiger partial charge is 0.363 e. The van der Waals surface area contributed by atoms with Crippen molar-refractivity contribution in [3.63, 3.8) is 0 Å². The van der Waals surface area contributed by atoms with Gasteiger partial charge in [0, 0.05) is 55.0 Å². The second-order valence-electron chi connectivity index (χ2n) is 8.25. The number of nitrogens with one attached hydrogen (secondary N) is 1. The molecule has 0 saturated carbocycles. The summed E-state index contributed by atoms with van der Waals surface area (Å²) < 4.78 is 16.0. The van der Waals surface area contributed by atoms with Crippen molar-refractivity contribution in [2.45, 2.75) is 19.9 Å². The first kappa shape index (κ1) is 20.9. The van der Waals surface area contributed by atoms with Crippen molar-refractivity contribution in [2.24, 2.45) is 5.73 Å². The predicted molar refractivity (Wildman–Crippen MR) is 125 cm³/mol. The molecule has 1 aliphatic heterocycles. The highest BCUT2D eigenvalue weighted by molar-refractivity contribution is 5.85. The van der Waals surface area contributed by atoms with Gasteiger partial charge in [-0.1, -0.05) is 0 Å². The predicted octanol–water partition coefficient (Wildman–Crippen LogP) is 3.10. The zero-order valence-corrected chi connectivity index (χ0v) is 18.5. The maximum atomic E-state index is 14.3. The van der Waals surface area contributed by atoms with Gasteiger partial charge in [-0.25, -0.2) is 19.2 Å². The summed E-state index contributed by atoms with van der Waals surface area (Å²) >= 11 is 0. The molecule has 0 unspecified atom stereocenters. The van der Waals surface area contributed by atoms with E-state index < -0.39 is 6.03 Å². The summed E-state index contributed by atoms with van der Waals surface area (Å²) in [5.74, 6) is 1.29. The number of halogens is 1. The molecule has 1 aromatic carbocycles. The number of piperazine rings is 1. The van der Waals surface area contributed by atoms with Gasteiger partial charge in [0.2, 0.25) is 0 Å². The highest BCUT2D eigenvalue weighted by atomic mass is 19.1. The minimum Gasteiger partial charge on any atom is -0.363 e. The van der Waals surface area contributed by atoms with Crippen molar-refractivity contribution >= 4 is 34.2 Å². The Hall–Kier alpha value is -3.95. The number of aromatic nitrogens is 4. The van der Waals surface area contributed by atoms with Crippen molar-refractivity contribution in [3.05, 3.63) is 59.7 Å². The number of hydrogen-bond donors (Lipinski definition) is 2. The zero-order chi connectivity index (χ0) is 23.1. The number of urea groups is 1. The smallest absolute Gasteiger partial charge is 0.314 e. The Labute approximate surface area is 190 Å². The van der Waals surface area contributed by atoms with E-state index in [-0.39, 0.29) is 11.9 Å². The fraction of sp³-hybridized carbons (Fsp3) is 0.304. The third-order valence-corrected chi connectivity index (χ3v) is 6.19. The van der Waals surface area contributed by atoms with E-state index in [4.69, 9.17) is 10.7 Å². The van der Waals surface area contributed by atoms with Crippen molar-refractivity contribution < 1.29 is 9.18 Å². The van der Waals surface area contributed by atoms with Crippen molar-refractivity contribution in [3.8, 4) is 0 Å². The van der Waals surface area contributed by atoms with Crippen LogP contribution in [0.5, 0.6) is 0 Å². The molecule has 0 aliphatic carbocycles. The number of nitrogens with zero attached hydrogens (tertiary/aromatic N) is 6. The lowest BCUT2D eigenvalue weighted by Crippen LogP contribution is -2.51. The Morgan fingerprint density at radius 2 is 1.94 bits per heavy atom. The van der Waals surface area contributed by atoms with Crippen LogP contribution in [0, 0.1) is 12.7 Å². The summed E-state index contributed by atoms with van der Waals surface area (Å²) in [4.78, 5) is 24.6. The lowest BCUT2D eigenvalue weighted by molar-refractivity contribution is 0.204. The molecular weight excluding hydrogens is 423 g/mol. The number of primary amides is 1. The minimum absolute atomic E-state index is 0.133. The van der Waals surface area contributed by atoms with Gasteiger partial charge in [0.25, 0.3) is 0 Å². The molecule has 3 N–H and O–H groups in total. The zero-order valence-electron chi connectivity index (χ0n) is 18.5. The van der Waals surface area contributed by atoms with Gasteiger partial charge in [-0.05, 0) is 38.1 Å². The lowest BCUT2D eigenvalue weighted by atomic mass is 10.0. The maximum absolute atomic E-state index is 14.3. The van der Waals surface area contributed by atoms with Crippen LogP contribution in [0.25, 0.3) is 16.6 Å². The van der Waals surface area contributed by atoms with Crippen LogP contribution in [0.15, 0.2) is 42.7 Å². The molecule has 3 aromatic heterocycles. The van der Waals surface area contributed by atoms with Gasteiger partial charge in [0.15, 0.2) is 5.65 Å². The van der Waals surface area contributed by atoms with E-state index in [0.717, 1.165) is 28.2 Å². The standard InChI is InChI=1S/C23H25FN8O/c1-14-18(24)4-3-16-13-17(15(2)28-20-5-7-26-19-6-8-27-32(19)20)22(29-21(14)16)30-9-11-31(12-10-30)23(25)33/h3-8,13,15,28H,9-12H2,1-2H3,(H2,25,33)/t15-/m0/s1. The molecule has 1 saturated heterocycles. The highest BCUT2D eigenvalue weighted by Crippen LogP contribution is 2.33. The molecule has 33 heavy (non-hydrogen) atoms. The lowest BCUT2D eigenvalue weighted by Gasteiger charge is -2.36. The van der Waals surface area contributed by atoms with Crippen molar-refractivity contribution in [2.75, 3.05) is 36.4 Å². The van der Waals surface area contributed by atoms with Crippen LogP contribution in [0.4, 0.5) is 20.8 Å². The van der Waals surface area contributed by atoms with Gasteiger partial charge >= 0.3 is 6.03 Å². The molecule has 1 fully saturated rings. The van der Waals surface area contributed by atoms with Gasteiger partial charge < -0.3 is 20.9 Å². The topological polar surface area (TPSA) is 105 Å². The molecule has 9 nitrogen and oxygen atoms in total. The fourth-order valence-corrected chi connectivity index (χ4v) is 4.32. The Kier molecular flexibility index (Phi) is 5.20. The molecule has 10 heteroatoms. The second-order valence-corrected chi connectivity index (χ2v) is 8.25. The van der Waals surface area contributed by atoms with Crippen molar-refractivity contribution in [1.29, 1.82) is 0 Å². The van der Waals surface area contributed by atoms with E-state index in [0.29, 0.717) is 37.3 Å². The van der Waals surface area contributed by atoms with E-state index >= 15 is 0 Å². The number of pyridine rings is 1. The van der Waals surface area contributed by atoms with Crippen LogP contribution in [-0.4, -0.2) is 56.7 Å². The summed E-state index contributed by atoms with van der Waals surface area (Å²) in [6, 6.07) is 8.45. The number of carbonyl (C=O) groups excluding carboxylic acids is 1. The fourth-order valence-electron chi connectivity index (χ4n) is 4.32. The molecule has 170 valence electrons. The highest BCUT2D eigenvalue weighted by Gasteiger charge is 2.25. The Morgan fingerprint density at radius 1 is 1.15 bits per heavy atom. The third kappa shape index (κ3) is 3.77. The van der Waals surface area contributed by atoms with E-state index in [2.05, 4.69) is 33.3 Å². The molecule has 5 rings (SSSR count). The first-order valence-electron chi connectivity index (χ1n) is 10.9. The molecule has 0 bridgehead atoms. The molecule has 2 amide bonds. The van der Waals surface area contributed by atoms with Crippen LogP contribution in [0.1, 0.15) is 24.1 Å². The van der Waals surface area contributed by atoms with Gasteiger partial charge in [-0.2, -0.15) is 9.61 Å². The van der Waals surface area contributed by atoms with Crippen LogP contribution < -0.4 is 16.0 Å². The maximum Gasteiger partial charge on any atom is 0.314 e. The van der Waals surface area contributed by atoms with Gasteiger partial charge in [0.05, 0.1) is 17.8 Å². The number of aryl methyl sites for hydroxylation is 1. The van der Waals surface area contributed by atoms with Crippen LogP contribution in [0.2, 0.25) is 0 Å². The Morgan fingerprint density at radius 3 is 2.70 bits per heavy atom. The third-order valence-electron chi connectivity index (χ3n) is 6.19. The van der Waals surface area contributed by atoms with Crippen molar-refractivity contribution in [1.82, 2.24) is 24.5 Å². The summed E-state index contributed by atoms with van der Waals surface area (Å²) in [5.41, 5.74) is 8.32. The number of hydrogen-bond acceptors (Lipinski definition) is 6. The molecule has 1 atom stereocenters. The molecule has 0 radical (unpaired) electrons. The number of rotatable bonds is 4. The Balaban J connectivity index is 1.56. The van der Waals surface area contributed by atoms with Crippen LogP contribution >= 0.6 is 0 Å². The summed E-state index contributed by atoms with van der Waals surface area (Å²) in [7, 11) is 0. The van der Waals surface area contributed by atoms with E-state index in [9.17, 15) is 9.18 Å². The second kappa shape index (κ2) is 8.19. The number of fused-ring (bicyclic) bond motifs is 2. The van der Waals surface area contributed by atoms with Gasteiger partial charge in [-0.15, -0.1) is 0 Å². The SMILES string of the molecule is Cc1c(F)ccc2cc([C@H](C)Nc3ccnc4ccnn34)c(N3CCN(C(N)=O)CC3)nc12. The van der Waals surface area contributed by atoms with Gasteiger partial charge in [-0.3, -0.25) is 0 Å². The quantitative estimate of drug-likeness (QED) is 0.497. The summed E-state index contributed by atoms with van der Waals surface area (Å²) in [6.45, 7) is 6.00. The molecule has 1 aliphatic rings. The average Bonchev–Trinajstić information content (AvgIpc) is 3.31. The monoisotopic (exact) mass is 448 g/mol. The van der Waals surface area contributed by atoms with E-state index in [1.807, 2.05) is 12.1 Å². The number of carbonyl (C=O) groups is 1. The first-order chi connectivity index (χ1) is 15.9. The number of amides is 2. The summed E-state index contributed by atoms with van der Waals surface area (Å²) in [5, 5.41) is 8.74. The van der Waals surface area contributed by atoms with Gasteiger partial charge in [0.1, 0.15) is 17.5 Å². The van der Waals surface area contributed by atoms with Crippen LogP contribution in [0.3, 0.4) is 0 Å². The number of nitrogens with two attached hydrogens (primary N) is 1. The molecule has 4 aromatic rings. The molecule has 0 spiro atoms. The van der Waals surface area contributed by atoms with E-state index in [1.54, 1.807) is 34.8 Å². The van der Waals surface area contributed by atoms with E-state index in [1.165, 1.54) is 6.07 Å². The average molecular weight is 449 g/mol. The number of benzene rings is 1. The molecular formula is C23H25FN8O.